The molecule has 1 aliphatic rings. The van der Waals surface area contributed by atoms with Crippen LogP contribution in [0.2, 0.25) is 0 Å². The van der Waals surface area contributed by atoms with Gasteiger partial charge in [-0.15, -0.1) is 11.6 Å². The summed E-state index contributed by atoms with van der Waals surface area (Å²) < 4.78 is 10.1. The highest BCUT2D eigenvalue weighted by Crippen LogP contribution is 2.38. The van der Waals surface area contributed by atoms with Crippen molar-refractivity contribution >= 4 is 17.3 Å². The fraction of sp³-hybridized carbons (Fsp3) is 0.250. The number of halogens is 1. The first kappa shape index (κ1) is 9.08. The number of fused-ring (bicyclic) bond motifs is 1. The highest BCUT2D eigenvalue weighted by Gasteiger charge is 2.22. The molecular formula is C8H6ClNO4. The first-order chi connectivity index (χ1) is 6.72. The van der Waals surface area contributed by atoms with Crippen LogP contribution in [0.4, 0.5) is 5.69 Å². The first-order valence-corrected chi connectivity index (χ1v) is 4.38. The molecule has 1 heterocycles. The molecule has 6 heteroatoms. The highest BCUT2D eigenvalue weighted by molar-refractivity contribution is 6.17. The monoisotopic (exact) mass is 215 g/mol. The smallest absolute Gasteiger partial charge is 0.277 e. The summed E-state index contributed by atoms with van der Waals surface area (Å²) in [6.07, 6.45) is 0. The summed E-state index contributed by atoms with van der Waals surface area (Å²) in [6, 6.07) is 2.87. The molecule has 14 heavy (non-hydrogen) atoms. The van der Waals surface area contributed by atoms with Crippen molar-refractivity contribution in [2.75, 3.05) is 6.79 Å². The van der Waals surface area contributed by atoms with Gasteiger partial charge in [0.25, 0.3) is 5.69 Å². The SMILES string of the molecule is O=[N+]([O-])c1cc2c(cc1CCl)OCO2. The molecule has 5 nitrogen and oxygen atoms in total. The van der Waals surface area contributed by atoms with Crippen LogP contribution >= 0.6 is 11.6 Å². The lowest BCUT2D eigenvalue weighted by molar-refractivity contribution is -0.385. The van der Waals surface area contributed by atoms with Gasteiger partial charge in [-0.2, -0.15) is 0 Å². The zero-order valence-electron chi connectivity index (χ0n) is 7.03. The number of ether oxygens (including phenoxy) is 2. The average Bonchev–Trinajstić information content (AvgIpc) is 2.62. The van der Waals surface area contributed by atoms with Crippen LogP contribution in [-0.4, -0.2) is 11.7 Å². The van der Waals surface area contributed by atoms with Crippen molar-refractivity contribution in [2.24, 2.45) is 0 Å². The minimum atomic E-state index is -0.486. The summed E-state index contributed by atoms with van der Waals surface area (Å²) in [5, 5.41) is 10.6. The molecule has 0 saturated heterocycles. The quantitative estimate of drug-likeness (QED) is 0.430. The molecule has 0 saturated carbocycles. The van der Waals surface area contributed by atoms with E-state index in [1.807, 2.05) is 0 Å². The second kappa shape index (κ2) is 3.34. The molecule has 0 N–H and O–H groups in total. The van der Waals surface area contributed by atoms with Crippen molar-refractivity contribution in [2.45, 2.75) is 5.88 Å². The average molecular weight is 216 g/mol. The maximum atomic E-state index is 10.6. The largest absolute Gasteiger partial charge is 0.454 e. The third kappa shape index (κ3) is 1.35. The molecular weight excluding hydrogens is 210 g/mol. The van der Waals surface area contributed by atoms with E-state index in [-0.39, 0.29) is 18.4 Å². The Kier molecular flexibility index (Phi) is 2.17. The highest BCUT2D eigenvalue weighted by atomic mass is 35.5. The second-order valence-electron chi connectivity index (χ2n) is 2.72. The summed E-state index contributed by atoms with van der Waals surface area (Å²) in [5.41, 5.74) is 0.394. The summed E-state index contributed by atoms with van der Waals surface area (Å²) in [5.74, 6) is 0.976. The van der Waals surface area contributed by atoms with Gasteiger partial charge in [-0.25, -0.2) is 0 Å². The zero-order chi connectivity index (χ0) is 10.1. The maximum Gasteiger partial charge on any atom is 0.277 e. The number of nitro benzene ring substituents is 1. The molecule has 0 aliphatic carbocycles. The van der Waals surface area contributed by atoms with Crippen LogP contribution in [-0.2, 0) is 5.88 Å². The molecule has 1 aromatic rings. The molecule has 0 fully saturated rings. The topological polar surface area (TPSA) is 61.6 Å². The lowest BCUT2D eigenvalue weighted by Gasteiger charge is -2.00. The third-order valence-electron chi connectivity index (χ3n) is 1.91. The van der Waals surface area contributed by atoms with Gasteiger partial charge in [-0.1, -0.05) is 0 Å². The van der Waals surface area contributed by atoms with Gasteiger partial charge in [-0.3, -0.25) is 10.1 Å². The van der Waals surface area contributed by atoms with E-state index in [2.05, 4.69) is 0 Å². The molecule has 0 bridgehead atoms. The Morgan fingerprint density at radius 2 is 2.07 bits per heavy atom. The van der Waals surface area contributed by atoms with E-state index < -0.39 is 4.92 Å². The minimum absolute atomic E-state index is 0.0377. The van der Waals surface area contributed by atoms with Crippen LogP contribution < -0.4 is 9.47 Å². The molecule has 0 amide bonds. The van der Waals surface area contributed by atoms with Crippen molar-refractivity contribution in [3.8, 4) is 11.5 Å². The van der Waals surface area contributed by atoms with Crippen molar-refractivity contribution in [3.05, 3.63) is 27.8 Å². The molecule has 1 aliphatic heterocycles. The second-order valence-corrected chi connectivity index (χ2v) is 2.99. The summed E-state index contributed by atoms with van der Waals surface area (Å²) in [7, 11) is 0. The zero-order valence-corrected chi connectivity index (χ0v) is 7.78. The summed E-state index contributed by atoms with van der Waals surface area (Å²) in [4.78, 5) is 10.1. The van der Waals surface area contributed by atoms with Crippen LogP contribution in [0.25, 0.3) is 0 Å². The van der Waals surface area contributed by atoms with Crippen LogP contribution in [0.5, 0.6) is 11.5 Å². The number of alkyl halides is 1. The predicted octanol–water partition coefficient (Wildman–Crippen LogP) is 2.06. The fourth-order valence-corrected chi connectivity index (χ4v) is 1.46. The summed E-state index contributed by atoms with van der Waals surface area (Å²) >= 11 is 5.58. The van der Waals surface area contributed by atoms with E-state index in [0.717, 1.165) is 0 Å². The van der Waals surface area contributed by atoms with Crippen LogP contribution in [0.3, 0.4) is 0 Å². The predicted molar refractivity (Wildman–Crippen MR) is 48.8 cm³/mol. The fourth-order valence-electron chi connectivity index (χ4n) is 1.25. The minimum Gasteiger partial charge on any atom is -0.454 e. The number of benzene rings is 1. The Morgan fingerprint density at radius 1 is 1.43 bits per heavy atom. The Labute approximate surface area is 84.3 Å². The molecule has 0 radical (unpaired) electrons. The van der Waals surface area contributed by atoms with Crippen molar-refractivity contribution in [3.63, 3.8) is 0 Å². The molecule has 0 aromatic heterocycles. The molecule has 0 unspecified atom stereocenters. The van der Waals surface area contributed by atoms with Gasteiger partial charge in [-0.05, 0) is 6.07 Å². The van der Waals surface area contributed by atoms with E-state index >= 15 is 0 Å². The van der Waals surface area contributed by atoms with Crippen LogP contribution in [0.15, 0.2) is 12.1 Å². The lowest BCUT2D eigenvalue weighted by Crippen LogP contribution is -1.93. The van der Waals surface area contributed by atoms with Gasteiger partial charge >= 0.3 is 0 Å². The molecule has 0 spiro atoms. The van der Waals surface area contributed by atoms with Crippen molar-refractivity contribution in [1.29, 1.82) is 0 Å². The van der Waals surface area contributed by atoms with E-state index in [1.165, 1.54) is 12.1 Å². The van der Waals surface area contributed by atoms with Gasteiger partial charge in [0, 0.05) is 5.56 Å². The van der Waals surface area contributed by atoms with Gasteiger partial charge in [0.15, 0.2) is 11.5 Å². The van der Waals surface area contributed by atoms with Crippen LogP contribution in [0.1, 0.15) is 5.56 Å². The van der Waals surface area contributed by atoms with E-state index in [0.29, 0.717) is 17.1 Å². The Morgan fingerprint density at radius 3 is 2.64 bits per heavy atom. The standard InChI is InChI=1S/C8H6ClNO4/c9-3-5-1-7-8(14-4-13-7)2-6(5)10(11)12/h1-2H,3-4H2. The number of rotatable bonds is 2. The van der Waals surface area contributed by atoms with Crippen molar-refractivity contribution < 1.29 is 14.4 Å². The molecule has 1 aromatic carbocycles. The Hall–Kier alpha value is -1.49. The number of hydrogen-bond acceptors (Lipinski definition) is 4. The van der Waals surface area contributed by atoms with Crippen LogP contribution in [0, 0.1) is 10.1 Å². The number of nitrogens with zero attached hydrogens (tertiary/aromatic N) is 1. The van der Waals surface area contributed by atoms with Crippen molar-refractivity contribution in [1.82, 2.24) is 0 Å². The molecule has 0 atom stereocenters. The van der Waals surface area contributed by atoms with Gasteiger partial charge in [0.05, 0.1) is 16.9 Å². The molecule has 2 rings (SSSR count). The van der Waals surface area contributed by atoms with Gasteiger partial charge in [0.2, 0.25) is 6.79 Å². The first-order valence-electron chi connectivity index (χ1n) is 3.85. The third-order valence-corrected chi connectivity index (χ3v) is 2.20. The summed E-state index contributed by atoms with van der Waals surface area (Å²) in [6.45, 7) is 0.0955. The Bertz CT molecular complexity index is 393. The van der Waals surface area contributed by atoms with Gasteiger partial charge < -0.3 is 9.47 Å². The maximum absolute atomic E-state index is 10.6. The van der Waals surface area contributed by atoms with E-state index in [4.69, 9.17) is 21.1 Å². The van der Waals surface area contributed by atoms with E-state index in [1.54, 1.807) is 0 Å². The van der Waals surface area contributed by atoms with Gasteiger partial charge in [0.1, 0.15) is 0 Å². The Balaban J connectivity index is 2.54. The number of hydrogen-bond donors (Lipinski definition) is 0. The number of nitro groups is 1. The van der Waals surface area contributed by atoms with E-state index in [9.17, 15) is 10.1 Å². The normalized spacial score (nSPS) is 12.9. The lowest BCUT2D eigenvalue weighted by atomic mass is 10.2. The molecule has 74 valence electrons.